The van der Waals surface area contributed by atoms with Crippen molar-refractivity contribution < 1.29 is 9.13 Å². The second kappa shape index (κ2) is 7.67. The second-order valence-corrected chi connectivity index (χ2v) is 6.72. The van der Waals surface area contributed by atoms with Crippen molar-refractivity contribution in [2.75, 3.05) is 7.11 Å². The number of halogens is 1. The minimum atomic E-state index is -0.333. The van der Waals surface area contributed by atoms with E-state index < -0.39 is 0 Å². The van der Waals surface area contributed by atoms with E-state index in [1.54, 1.807) is 6.07 Å². The van der Waals surface area contributed by atoms with Crippen LogP contribution in [0, 0.1) is 17.1 Å². The molecule has 0 bridgehead atoms. The Kier molecular flexibility index (Phi) is 5.35. The van der Waals surface area contributed by atoms with Crippen LogP contribution in [0.5, 0.6) is 5.75 Å². The standard InChI is InChI=1S/C21H23FN2O/c1-14(17-8-10-20(22)21(12-17)25-2)24-19-9-7-18(11-19)16-5-3-15(13-23)4-6-16/h3-6,8,10,12,14,18-19,24H,7,9,11H2,1-2H3/t14-,18?,19+/m1/s1. The summed E-state index contributed by atoms with van der Waals surface area (Å²) in [4.78, 5) is 0. The SMILES string of the molecule is COc1cc([C@@H](C)N[C@H]2CCC(c3ccc(C#N)cc3)C2)ccc1F. The number of rotatable bonds is 5. The van der Waals surface area contributed by atoms with Crippen LogP contribution in [0.2, 0.25) is 0 Å². The van der Waals surface area contributed by atoms with Gasteiger partial charge in [-0.05, 0) is 67.5 Å². The summed E-state index contributed by atoms with van der Waals surface area (Å²) in [6.07, 6.45) is 3.34. The summed E-state index contributed by atoms with van der Waals surface area (Å²) >= 11 is 0. The number of nitriles is 1. The highest BCUT2D eigenvalue weighted by Crippen LogP contribution is 2.35. The summed E-state index contributed by atoms with van der Waals surface area (Å²) in [5.41, 5.74) is 3.04. The Labute approximate surface area is 148 Å². The largest absolute Gasteiger partial charge is 0.494 e. The molecule has 1 aliphatic carbocycles. The topological polar surface area (TPSA) is 45.0 Å². The summed E-state index contributed by atoms with van der Waals surface area (Å²) in [6, 6.07) is 15.7. The van der Waals surface area contributed by atoms with Crippen LogP contribution in [0.15, 0.2) is 42.5 Å². The molecule has 0 amide bonds. The monoisotopic (exact) mass is 338 g/mol. The van der Waals surface area contributed by atoms with Crippen molar-refractivity contribution in [3.63, 3.8) is 0 Å². The fourth-order valence-electron chi connectivity index (χ4n) is 3.66. The lowest BCUT2D eigenvalue weighted by atomic mass is 9.96. The number of methoxy groups -OCH3 is 1. The molecule has 2 aromatic carbocycles. The molecule has 3 atom stereocenters. The Morgan fingerprint density at radius 1 is 1.20 bits per heavy atom. The molecule has 1 saturated carbocycles. The number of nitrogens with one attached hydrogen (secondary N) is 1. The third-order valence-electron chi connectivity index (χ3n) is 5.10. The first kappa shape index (κ1) is 17.4. The Hall–Kier alpha value is -2.38. The van der Waals surface area contributed by atoms with Gasteiger partial charge in [0.15, 0.2) is 11.6 Å². The van der Waals surface area contributed by atoms with Crippen LogP contribution >= 0.6 is 0 Å². The third kappa shape index (κ3) is 4.00. The van der Waals surface area contributed by atoms with Crippen LogP contribution in [0.25, 0.3) is 0 Å². The zero-order chi connectivity index (χ0) is 17.8. The first-order valence-corrected chi connectivity index (χ1v) is 8.70. The van der Waals surface area contributed by atoms with Crippen molar-refractivity contribution >= 4 is 0 Å². The average molecular weight is 338 g/mol. The van der Waals surface area contributed by atoms with Crippen molar-refractivity contribution in [2.24, 2.45) is 0 Å². The first-order chi connectivity index (χ1) is 12.1. The average Bonchev–Trinajstić information content (AvgIpc) is 3.10. The molecule has 2 aromatic rings. The van der Waals surface area contributed by atoms with E-state index in [0.29, 0.717) is 17.5 Å². The van der Waals surface area contributed by atoms with E-state index in [4.69, 9.17) is 10.00 Å². The van der Waals surface area contributed by atoms with E-state index in [-0.39, 0.29) is 17.6 Å². The minimum absolute atomic E-state index is 0.138. The number of ether oxygens (including phenoxy) is 1. The zero-order valence-electron chi connectivity index (χ0n) is 14.6. The predicted octanol–water partition coefficient (Wildman–Crippen LogP) is 4.69. The van der Waals surface area contributed by atoms with Gasteiger partial charge >= 0.3 is 0 Å². The summed E-state index contributed by atoms with van der Waals surface area (Å²) in [7, 11) is 1.49. The van der Waals surface area contributed by atoms with Gasteiger partial charge in [0.2, 0.25) is 0 Å². The fraction of sp³-hybridized carbons (Fsp3) is 0.381. The predicted molar refractivity (Wildman–Crippen MR) is 96.0 cm³/mol. The van der Waals surface area contributed by atoms with Crippen molar-refractivity contribution in [1.82, 2.24) is 5.32 Å². The van der Waals surface area contributed by atoms with Crippen LogP contribution in [0.1, 0.15) is 54.8 Å². The molecule has 0 aromatic heterocycles. The summed E-state index contributed by atoms with van der Waals surface area (Å²) < 4.78 is 18.6. The van der Waals surface area contributed by atoms with Gasteiger partial charge in [-0.1, -0.05) is 18.2 Å². The van der Waals surface area contributed by atoms with E-state index in [0.717, 1.165) is 24.8 Å². The van der Waals surface area contributed by atoms with Crippen LogP contribution in [0.4, 0.5) is 4.39 Å². The second-order valence-electron chi connectivity index (χ2n) is 6.72. The molecule has 1 fully saturated rings. The fourth-order valence-corrected chi connectivity index (χ4v) is 3.66. The summed E-state index contributed by atoms with van der Waals surface area (Å²) in [6.45, 7) is 2.10. The third-order valence-corrected chi connectivity index (χ3v) is 5.10. The maximum Gasteiger partial charge on any atom is 0.165 e. The molecule has 3 nitrogen and oxygen atoms in total. The lowest BCUT2D eigenvalue weighted by Crippen LogP contribution is -2.29. The highest BCUT2D eigenvalue weighted by molar-refractivity contribution is 5.34. The highest BCUT2D eigenvalue weighted by atomic mass is 19.1. The van der Waals surface area contributed by atoms with Gasteiger partial charge in [0, 0.05) is 12.1 Å². The van der Waals surface area contributed by atoms with Gasteiger partial charge in [0.05, 0.1) is 18.7 Å². The van der Waals surface area contributed by atoms with Crippen molar-refractivity contribution in [3.8, 4) is 11.8 Å². The lowest BCUT2D eigenvalue weighted by Gasteiger charge is -2.21. The molecule has 3 rings (SSSR count). The molecular weight excluding hydrogens is 315 g/mol. The molecule has 4 heteroatoms. The first-order valence-electron chi connectivity index (χ1n) is 8.70. The molecule has 0 heterocycles. The number of benzene rings is 2. The number of hydrogen-bond acceptors (Lipinski definition) is 3. The van der Waals surface area contributed by atoms with Gasteiger partial charge in [-0.15, -0.1) is 0 Å². The molecule has 0 radical (unpaired) electrons. The summed E-state index contributed by atoms with van der Waals surface area (Å²) in [5.74, 6) is 0.480. The van der Waals surface area contributed by atoms with E-state index in [1.807, 2.05) is 18.2 Å². The van der Waals surface area contributed by atoms with Crippen LogP contribution < -0.4 is 10.1 Å². The van der Waals surface area contributed by atoms with Crippen molar-refractivity contribution in [1.29, 1.82) is 5.26 Å². The molecule has 0 spiro atoms. The van der Waals surface area contributed by atoms with Gasteiger partial charge < -0.3 is 10.1 Å². The smallest absolute Gasteiger partial charge is 0.165 e. The highest BCUT2D eigenvalue weighted by Gasteiger charge is 2.27. The molecular formula is C21H23FN2O. The Bertz CT molecular complexity index is 766. The molecule has 0 saturated heterocycles. The van der Waals surface area contributed by atoms with E-state index in [1.165, 1.54) is 18.7 Å². The quantitative estimate of drug-likeness (QED) is 0.860. The van der Waals surface area contributed by atoms with Crippen molar-refractivity contribution in [3.05, 3.63) is 65.0 Å². The van der Waals surface area contributed by atoms with Gasteiger partial charge in [0.1, 0.15) is 0 Å². The molecule has 25 heavy (non-hydrogen) atoms. The number of hydrogen-bond donors (Lipinski definition) is 1. The van der Waals surface area contributed by atoms with E-state index >= 15 is 0 Å². The maximum absolute atomic E-state index is 13.6. The van der Waals surface area contributed by atoms with Crippen LogP contribution in [0.3, 0.4) is 0 Å². The normalized spacial score (nSPS) is 20.9. The van der Waals surface area contributed by atoms with E-state index in [2.05, 4.69) is 30.4 Å². The van der Waals surface area contributed by atoms with Gasteiger partial charge in [-0.3, -0.25) is 0 Å². The van der Waals surface area contributed by atoms with Gasteiger partial charge in [-0.25, -0.2) is 4.39 Å². The minimum Gasteiger partial charge on any atom is -0.494 e. The lowest BCUT2D eigenvalue weighted by molar-refractivity contribution is 0.384. The van der Waals surface area contributed by atoms with Gasteiger partial charge in [-0.2, -0.15) is 5.26 Å². The molecule has 130 valence electrons. The van der Waals surface area contributed by atoms with Gasteiger partial charge in [0.25, 0.3) is 0 Å². The van der Waals surface area contributed by atoms with Crippen molar-refractivity contribution in [2.45, 2.75) is 44.2 Å². The van der Waals surface area contributed by atoms with E-state index in [9.17, 15) is 4.39 Å². The Morgan fingerprint density at radius 3 is 2.64 bits per heavy atom. The Morgan fingerprint density at radius 2 is 1.96 bits per heavy atom. The molecule has 0 aliphatic heterocycles. The molecule has 1 unspecified atom stereocenters. The number of nitrogens with zero attached hydrogens (tertiary/aromatic N) is 1. The van der Waals surface area contributed by atoms with Crippen LogP contribution in [-0.4, -0.2) is 13.2 Å². The molecule has 1 aliphatic rings. The zero-order valence-corrected chi connectivity index (χ0v) is 14.6. The molecule has 1 N–H and O–H groups in total. The van der Waals surface area contributed by atoms with Crippen LogP contribution in [-0.2, 0) is 0 Å². The summed E-state index contributed by atoms with van der Waals surface area (Å²) in [5, 5.41) is 12.6. The Balaban J connectivity index is 1.61. The maximum atomic E-state index is 13.6.